The van der Waals surface area contributed by atoms with E-state index in [0.717, 1.165) is 56.8 Å². The van der Waals surface area contributed by atoms with Crippen molar-refractivity contribution in [2.24, 2.45) is 0 Å². The maximum Gasteiger partial charge on any atom is 0.209 e. The molecule has 1 aromatic rings. The summed E-state index contributed by atoms with van der Waals surface area (Å²) in [5.74, 6) is 0. The molecule has 1 aliphatic heterocycles. The number of fused-ring (bicyclic) bond motifs is 1. The van der Waals surface area contributed by atoms with Crippen LogP contribution in [-0.2, 0) is 29.7 Å². The van der Waals surface area contributed by atoms with Crippen LogP contribution in [0.2, 0.25) is 0 Å². The molecule has 1 N–H and O–H groups in total. The maximum atomic E-state index is 11.3. The average Bonchev–Trinajstić information content (AvgIpc) is 2.81. The molecule has 1 aliphatic rings. The van der Waals surface area contributed by atoms with Crippen LogP contribution in [0, 0.1) is 0 Å². The number of nitrogens with zero attached hydrogens (tertiary/aromatic N) is 3. The fourth-order valence-electron chi connectivity index (χ4n) is 3.01. The number of nitrogens with one attached hydrogen (secondary N) is 1. The Morgan fingerprint density at radius 1 is 1.27 bits per heavy atom. The summed E-state index contributed by atoms with van der Waals surface area (Å²) >= 11 is 0. The molecule has 7 heteroatoms. The van der Waals surface area contributed by atoms with Gasteiger partial charge in [-0.1, -0.05) is 23.3 Å². The van der Waals surface area contributed by atoms with E-state index in [1.807, 2.05) is 10.7 Å². The van der Waals surface area contributed by atoms with Gasteiger partial charge in [0, 0.05) is 26.2 Å². The van der Waals surface area contributed by atoms with Gasteiger partial charge in [-0.05, 0) is 46.1 Å². The van der Waals surface area contributed by atoms with Crippen LogP contribution in [0.25, 0.3) is 0 Å². The molecule has 0 aromatic carbocycles. The third-order valence-electron chi connectivity index (χ3n) is 4.45. The Hall–Kier alpha value is -1.44. The summed E-state index contributed by atoms with van der Waals surface area (Å²) in [6.45, 7) is 10.5. The van der Waals surface area contributed by atoms with E-state index in [-0.39, 0.29) is 6.54 Å². The topological polar surface area (TPSA) is 67.2 Å². The second-order valence-corrected chi connectivity index (χ2v) is 9.24. The number of aromatic nitrogens is 2. The molecular weight excluding hydrogens is 348 g/mol. The van der Waals surface area contributed by atoms with E-state index >= 15 is 0 Å². The molecule has 0 aliphatic carbocycles. The van der Waals surface area contributed by atoms with Crippen LogP contribution in [0.5, 0.6) is 0 Å². The lowest BCUT2D eigenvalue weighted by atomic mass is 10.1. The van der Waals surface area contributed by atoms with Gasteiger partial charge in [-0.3, -0.25) is 9.58 Å². The minimum Gasteiger partial charge on any atom is -0.294 e. The van der Waals surface area contributed by atoms with Gasteiger partial charge in [0.15, 0.2) is 0 Å². The molecule has 0 bridgehead atoms. The molecule has 2 heterocycles. The lowest BCUT2D eigenvalue weighted by molar-refractivity contribution is 0.298. The fraction of sp³-hybridized carbons (Fsp3) is 0.632. The zero-order valence-corrected chi connectivity index (χ0v) is 17.3. The number of sulfonamides is 1. The Balaban J connectivity index is 1.92. The highest BCUT2D eigenvalue weighted by Crippen LogP contribution is 2.15. The quantitative estimate of drug-likeness (QED) is 0.704. The van der Waals surface area contributed by atoms with Gasteiger partial charge in [0.05, 0.1) is 24.2 Å². The van der Waals surface area contributed by atoms with Crippen molar-refractivity contribution in [1.82, 2.24) is 19.4 Å². The molecule has 0 radical (unpaired) electrons. The van der Waals surface area contributed by atoms with Crippen LogP contribution in [0.15, 0.2) is 29.4 Å². The van der Waals surface area contributed by atoms with Crippen molar-refractivity contribution in [3.05, 3.63) is 40.8 Å². The van der Waals surface area contributed by atoms with Gasteiger partial charge in [-0.25, -0.2) is 13.1 Å². The Labute approximate surface area is 158 Å². The van der Waals surface area contributed by atoms with Gasteiger partial charge in [0.25, 0.3) is 0 Å². The van der Waals surface area contributed by atoms with Crippen LogP contribution < -0.4 is 4.72 Å². The second kappa shape index (κ2) is 9.48. The van der Waals surface area contributed by atoms with E-state index in [0.29, 0.717) is 0 Å². The molecule has 0 unspecified atom stereocenters. The molecule has 0 atom stereocenters. The Morgan fingerprint density at radius 3 is 2.73 bits per heavy atom. The Kier molecular flexibility index (Phi) is 7.61. The van der Waals surface area contributed by atoms with Crippen LogP contribution in [0.4, 0.5) is 0 Å². The van der Waals surface area contributed by atoms with Crippen LogP contribution >= 0.6 is 0 Å². The van der Waals surface area contributed by atoms with Gasteiger partial charge in [-0.2, -0.15) is 5.10 Å². The van der Waals surface area contributed by atoms with E-state index in [2.05, 4.69) is 47.6 Å². The summed E-state index contributed by atoms with van der Waals surface area (Å²) in [5.41, 5.74) is 4.74. The first-order chi connectivity index (χ1) is 12.2. The van der Waals surface area contributed by atoms with Gasteiger partial charge in [-0.15, -0.1) is 0 Å². The molecule has 26 heavy (non-hydrogen) atoms. The number of rotatable bonds is 8. The number of hydrogen-bond acceptors (Lipinski definition) is 4. The Bertz CT molecular complexity index is 759. The maximum absolute atomic E-state index is 11.3. The summed E-state index contributed by atoms with van der Waals surface area (Å²) in [4.78, 5) is 2.43. The van der Waals surface area contributed by atoms with Crippen molar-refractivity contribution in [1.29, 1.82) is 0 Å². The van der Waals surface area contributed by atoms with Crippen molar-refractivity contribution in [2.45, 2.75) is 59.7 Å². The highest BCUT2D eigenvalue weighted by molar-refractivity contribution is 7.88. The fourth-order valence-corrected chi connectivity index (χ4v) is 3.42. The van der Waals surface area contributed by atoms with E-state index in [1.165, 1.54) is 17.4 Å². The summed E-state index contributed by atoms with van der Waals surface area (Å²) < 4.78 is 27.0. The van der Waals surface area contributed by atoms with Gasteiger partial charge in [0.2, 0.25) is 10.0 Å². The van der Waals surface area contributed by atoms with E-state index in [4.69, 9.17) is 0 Å². The lowest BCUT2D eigenvalue weighted by Gasteiger charge is -2.17. The zero-order valence-electron chi connectivity index (χ0n) is 16.5. The molecule has 0 saturated carbocycles. The SMILES string of the molecule is CC(C)=CCC/C(C)=C/CN1CCCn2nc(CNS(C)(=O)=O)cc2C1. The second-order valence-electron chi connectivity index (χ2n) is 7.40. The largest absolute Gasteiger partial charge is 0.294 e. The smallest absolute Gasteiger partial charge is 0.209 e. The minimum atomic E-state index is -3.19. The van der Waals surface area contributed by atoms with E-state index < -0.39 is 10.0 Å². The third kappa shape index (κ3) is 7.43. The third-order valence-corrected chi connectivity index (χ3v) is 5.12. The summed E-state index contributed by atoms with van der Waals surface area (Å²) in [7, 11) is -3.19. The van der Waals surface area contributed by atoms with Gasteiger partial charge in [0.1, 0.15) is 0 Å². The average molecular weight is 381 g/mol. The predicted octanol–water partition coefficient (Wildman–Crippen LogP) is 2.83. The van der Waals surface area contributed by atoms with Crippen molar-refractivity contribution in [3.63, 3.8) is 0 Å². The summed E-state index contributed by atoms with van der Waals surface area (Å²) in [5, 5.41) is 4.54. The standard InChI is InChI=1S/C19H32N4O2S/c1-16(2)7-5-8-17(3)9-12-22-10-6-11-23-19(15-22)13-18(21-23)14-20-26(4,24)25/h7,9,13,20H,5-6,8,10-12,14-15H2,1-4H3/b17-9+. The normalized spacial score (nSPS) is 16.2. The van der Waals surface area contributed by atoms with Crippen molar-refractivity contribution in [3.8, 4) is 0 Å². The van der Waals surface area contributed by atoms with Gasteiger partial charge >= 0.3 is 0 Å². The molecule has 1 aromatic heterocycles. The van der Waals surface area contributed by atoms with Crippen LogP contribution in [0.3, 0.4) is 0 Å². The van der Waals surface area contributed by atoms with Crippen molar-refractivity contribution in [2.75, 3.05) is 19.3 Å². The molecule has 0 saturated heterocycles. The molecule has 0 spiro atoms. The number of hydrogen-bond donors (Lipinski definition) is 1. The molecule has 6 nitrogen and oxygen atoms in total. The molecule has 146 valence electrons. The first-order valence-corrected chi connectivity index (χ1v) is 11.1. The van der Waals surface area contributed by atoms with Crippen molar-refractivity contribution < 1.29 is 8.42 Å². The van der Waals surface area contributed by atoms with Crippen molar-refractivity contribution >= 4 is 10.0 Å². The molecule has 0 amide bonds. The van der Waals surface area contributed by atoms with Crippen LogP contribution in [0.1, 0.15) is 51.4 Å². The number of allylic oxidation sites excluding steroid dienone is 3. The molecule has 2 rings (SSSR count). The zero-order chi connectivity index (χ0) is 19.2. The first kappa shape index (κ1) is 20.9. The first-order valence-electron chi connectivity index (χ1n) is 9.24. The highest BCUT2D eigenvalue weighted by Gasteiger charge is 2.16. The minimum absolute atomic E-state index is 0.252. The highest BCUT2D eigenvalue weighted by atomic mass is 32.2. The van der Waals surface area contributed by atoms with E-state index in [1.54, 1.807) is 0 Å². The molecular formula is C19H32N4O2S. The predicted molar refractivity (Wildman–Crippen MR) is 106 cm³/mol. The number of aryl methyl sites for hydroxylation is 1. The Morgan fingerprint density at radius 2 is 2.04 bits per heavy atom. The lowest BCUT2D eigenvalue weighted by Crippen LogP contribution is -2.23. The van der Waals surface area contributed by atoms with Crippen LogP contribution in [-0.4, -0.2) is 42.4 Å². The monoisotopic (exact) mass is 380 g/mol. The summed E-state index contributed by atoms with van der Waals surface area (Å²) in [6, 6.07) is 2.02. The van der Waals surface area contributed by atoms with Gasteiger partial charge < -0.3 is 0 Å². The van der Waals surface area contributed by atoms with E-state index in [9.17, 15) is 8.42 Å². The molecule has 0 fully saturated rings. The summed E-state index contributed by atoms with van der Waals surface area (Å²) in [6.07, 6.45) is 9.05.